The second-order valence-electron chi connectivity index (χ2n) is 8.27. The Morgan fingerprint density at radius 2 is 1.94 bits per heavy atom. The summed E-state index contributed by atoms with van der Waals surface area (Å²) in [4.78, 5) is 9.93. The van der Waals surface area contributed by atoms with E-state index in [9.17, 15) is 31.1 Å². The van der Waals surface area contributed by atoms with E-state index in [0.29, 0.717) is 37.1 Å². The molecule has 1 atom stereocenters. The average molecular weight is 526 g/mol. The lowest BCUT2D eigenvalue weighted by Crippen LogP contribution is -2.52. The average Bonchev–Trinajstić information content (AvgIpc) is 2.84. The highest BCUT2D eigenvalue weighted by atomic mass is 32.2. The van der Waals surface area contributed by atoms with Crippen LogP contribution in [0.4, 0.5) is 29.2 Å². The Balaban J connectivity index is 1.68. The van der Waals surface area contributed by atoms with Crippen molar-refractivity contribution in [2.24, 2.45) is 0 Å². The van der Waals surface area contributed by atoms with Gasteiger partial charge >= 0.3 is 6.18 Å². The van der Waals surface area contributed by atoms with E-state index in [1.165, 1.54) is 25.1 Å². The summed E-state index contributed by atoms with van der Waals surface area (Å²) in [5.74, 6) is -0.764. The van der Waals surface area contributed by atoms with Crippen molar-refractivity contribution in [2.45, 2.75) is 24.2 Å². The number of alkyl halides is 3. The lowest BCUT2D eigenvalue weighted by molar-refractivity contribution is -0.137. The van der Waals surface area contributed by atoms with Gasteiger partial charge in [-0.25, -0.2) is 14.4 Å². The molecule has 13 heteroatoms. The quantitative estimate of drug-likeness (QED) is 0.425. The number of nitrogens with zero attached hydrogens (tertiary/aromatic N) is 3. The first-order valence-corrected chi connectivity index (χ1v) is 12.4. The Labute approximate surface area is 205 Å². The summed E-state index contributed by atoms with van der Waals surface area (Å²) in [7, 11) is -4.33. The standard InChI is InChI=1S/C23H23F4N5O3S/c1-14-5-6-15(24)11-17(14)22-18(23(25,26)27)7-8-19(29-22)31-36(34,35)21-4-2-3-20(30-21)32-10-9-28-16(12-32)13-33/h2-8,11,16,28,33H,9-10,12-13H2,1H3,(H,29,31). The number of pyridine rings is 2. The topological polar surface area (TPSA) is 107 Å². The van der Waals surface area contributed by atoms with Crippen molar-refractivity contribution in [3.63, 3.8) is 0 Å². The van der Waals surface area contributed by atoms with E-state index < -0.39 is 33.3 Å². The van der Waals surface area contributed by atoms with Crippen molar-refractivity contribution < 1.29 is 31.1 Å². The normalized spacial score (nSPS) is 16.7. The van der Waals surface area contributed by atoms with Crippen molar-refractivity contribution >= 4 is 21.7 Å². The summed E-state index contributed by atoms with van der Waals surface area (Å²) in [6.45, 7) is 2.93. The number of halogens is 4. The maximum Gasteiger partial charge on any atom is 0.418 e. The molecule has 4 rings (SSSR count). The van der Waals surface area contributed by atoms with Crippen LogP contribution < -0.4 is 14.9 Å². The predicted molar refractivity (Wildman–Crippen MR) is 126 cm³/mol. The molecule has 0 bridgehead atoms. The summed E-state index contributed by atoms with van der Waals surface area (Å²) in [5.41, 5.74) is -1.50. The van der Waals surface area contributed by atoms with Gasteiger partial charge in [-0.15, -0.1) is 0 Å². The third kappa shape index (κ3) is 5.58. The van der Waals surface area contributed by atoms with E-state index in [1.54, 1.807) is 6.07 Å². The maximum absolute atomic E-state index is 13.8. The van der Waals surface area contributed by atoms with Gasteiger partial charge < -0.3 is 15.3 Å². The van der Waals surface area contributed by atoms with Crippen molar-refractivity contribution in [3.8, 4) is 11.3 Å². The van der Waals surface area contributed by atoms with Gasteiger partial charge in [-0.1, -0.05) is 12.1 Å². The van der Waals surface area contributed by atoms with Crippen LogP contribution in [0.2, 0.25) is 0 Å². The molecule has 2 aromatic heterocycles. The third-order valence-corrected chi connectivity index (χ3v) is 6.93. The highest BCUT2D eigenvalue weighted by Crippen LogP contribution is 2.38. The van der Waals surface area contributed by atoms with Gasteiger partial charge in [0.15, 0.2) is 5.03 Å². The molecule has 8 nitrogen and oxygen atoms in total. The molecule has 192 valence electrons. The Bertz CT molecular complexity index is 1370. The minimum Gasteiger partial charge on any atom is -0.395 e. The van der Waals surface area contributed by atoms with Gasteiger partial charge in [0, 0.05) is 31.2 Å². The number of anilines is 2. The van der Waals surface area contributed by atoms with E-state index >= 15 is 0 Å². The Morgan fingerprint density at radius 3 is 2.67 bits per heavy atom. The fourth-order valence-corrected chi connectivity index (χ4v) is 4.84. The molecule has 1 fully saturated rings. The molecule has 3 heterocycles. The summed E-state index contributed by atoms with van der Waals surface area (Å²) in [5, 5.41) is 12.2. The van der Waals surface area contributed by atoms with Crippen LogP contribution in [0.25, 0.3) is 11.3 Å². The Kier molecular flexibility index (Phi) is 7.16. The third-order valence-electron chi connectivity index (χ3n) is 5.68. The number of hydrogen-bond donors (Lipinski definition) is 3. The van der Waals surface area contributed by atoms with Gasteiger partial charge in [0.1, 0.15) is 17.5 Å². The fraction of sp³-hybridized carbons (Fsp3) is 0.304. The molecular formula is C23H23F4N5O3S. The van der Waals surface area contributed by atoms with Crippen LogP contribution in [-0.2, 0) is 16.2 Å². The zero-order chi connectivity index (χ0) is 26.1. The number of aryl methyl sites for hydroxylation is 1. The minimum absolute atomic E-state index is 0.0945. The summed E-state index contributed by atoms with van der Waals surface area (Å²) in [6.07, 6.45) is -4.80. The molecular weight excluding hydrogens is 502 g/mol. The van der Waals surface area contributed by atoms with Crippen LogP contribution in [0.15, 0.2) is 53.6 Å². The number of piperazine rings is 1. The lowest BCUT2D eigenvalue weighted by atomic mass is 10.0. The van der Waals surface area contributed by atoms with Gasteiger partial charge in [-0.3, -0.25) is 4.72 Å². The van der Waals surface area contributed by atoms with Crippen LogP contribution >= 0.6 is 0 Å². The van der Waals surface area contributed by atoms with Crippen molar-refractivity contribution in [1.82, 2.24) is 15.3 Å². The second kappa shape index (κ2) is 9.99. The van der Waals surface area contributed by atoms with Crippen LogP contribution in [0.3, 0.4) is 0 Å². The van der Waals surface area contributed by atoms with E-state index in [1.807, 2.05) is 4.90 Å². The smallest absolute Gasteiger partial charge is 0.395 e. The van der Waals surface area contributed by atoms with Crippen LogP contribution in [0, 0.1) is 12.7 Å². The SMILES string of the molecule is Cc1ccc(F)cc1-c1nc(NS(=O)(=O)c2cccc(N3CCNC(CO)C3)n2)ccc1C(F)(F)F. The van der Waals surface area contributed by atoms with Crippen molar-refractivity contribution in [2.75, 3.05) is 35.9 Å². The highest BCUT2D eigenvalue weighted by Gasteiger charge is 2.35. The number of rotatable bonds is 6. The van der Waals surface area contributed by atoms with Crippen LogP contribution in [0.1, 0.15) is 11.1 Å². The lowest BCUT2D eigenvalue weighted by Gasteiger charge is -2.33. The molecule has 0 radical (unpaired) electrons. The Hall–Kier alpha value is -3.29. The summed E-state index contributed by atoms with van der Waals surface area (Å²) in [6, 6.07) is 9.11. The van der Waals surface area contributed by atoms with Gasteiger partial charge in [-0.2, -0.15) is 21.6 Å². The van der Waals surface area contributed by atoms with E-state index in [2.05, 4.69) is 20.0 Å². The van der Waals surface area contributed by atoms with Gasteiger partial charge in [0.05, 0.1) is 17.9 Å². The maximum atomic E-state index is 13.8. The first-order valence-electron chi connectivity index (χ1n) is 10.9. The predicted octanol–water partition coefficient (Wildman–Crippen LogP) is 3.18. The first kappa shape index (κ1) is 25.8. The molecule has 0 spiro atoms. The number of nitrogens with one attached hydrogen (secondary N) is 2. The molecule has 0 amide bonds. The van der Waals surface area contributed by atoms with Crippen molar-refractivity contribution in [1.29, 1.82) is 0 Å². The molecule has 0 aliphatic carbocycles. The molecule has 1 aliphatic rings. The molecule has 1 saturated heterocycles. The number of hydrogen-bond acceptors (Lipinski definition) is 7. The zero-order valence-electron chi connectivity index (χ0n) is 19.1. The minimum atomic E-state index is -4.80. The number of benzene rings is 1. The molecule has 1 aromatic carbocycles. The van der Waals surface area contributed by atoms with E-state index in [4.69, 9.17) is 0 Å². The molecule has 0 saturated carbocycles. The van der Waals surface area contributed by atoms with E-state index in [0.717, 1.165) is 18.2 Å². The molecule has 1 aliphatic heterocycles. The van der Waals surface area contributed by atoms with Crippen LogP contribution in [-0.4, -0.2) is 55.8 Å². The monoisotopic (exact) mass is 525 g/mol. The number of aliphatic hydroxyl groups is 1. The molecule has 36 heavy (non-hydrogen) atoms. The number of aromatic nitrogens is 2. The summed E-state index contributed by atoms with van der Waals surface area (Å²) >= 11 is 0. The summed E-state index contributed by atoms with van der Waals surface area (Å²) < 4.78 is 83.1. The second-order valence-corrected chi connectivity index (χ2v) is 9.90. The van der Waals surface area contributed by atoms with Crippen LogP contribution in [0.5, 0.6) is 0 Å². The van der Waals surface area contributed by atoms with Gasteiger partial charge in [0.25, 0.3) is 10.0 Å². The van der Waals surface area contributed by atoms with Crippen molar-refractivity contribution in [3.05, 3.63) is 65.5 Å². The number of sulfonamides is 1. The number of aliphatic hydroxyl groups excluding tert-OH is 1. The van der Waals surface area contributed by atoms with Gasteiger partial charge in [0.2, 0.25) is 0 Å². The van der Waals surface area contributed by atoms with Gasteiger partial charge in [-0.05, 0) is 48.9 Å². The van der Waals surface area contributed by atoms with E-state index in [-0.39, 0.29) is 29.1 Å². The molecule has 1 unspecified atom stereocenters. The molecule has 3 aromatic rings. The molecule has 3 N–H and O–H groups in total. The first-order chi connectivity index (χ1) is 17.0. The fourth-order valence-electron chi connectivity index (χ4n) is 3.87. The largest absolute Gasteiger partial charge is 0.418 e. The zero-order valence-corrected chi connectivity index (χ0v) is 19.9. The highest BCUT2D eigenvalue weighted by molar-refractivity contribution is 7.92. The Morgan fingerprint density at radius 1 is 1.17 bits per heavy atom.